The molecule has 164 valence electrons. The second-order valence-corrected chi connectivity index (χ2v) is 8.90. The van der Waals surface area contributed by atoms with Gasteiger partial charge in [-0.2, -0.15) is 0 Å². The van der Waals surface area contributed by atoms with Crippen LogP contribution in [-0.2, 0) is 4.74 Å². The molecule has 0 amide bonds. The molecule has 1 aliphatic heterocycles. The van der Waals surface area contributed by atoms with Crippen LogP contribution in [0.15, 0.2) is 23.0 Å². The second-order valence-electron chi connectivity index (χ2n) is 8.90. The Morgan fingerprint density at radius 1 is 1.06 bits per heavy atom. The molecule has 8 nitrogen and oxygen atoms in total. The maximum atomic E-state index is 13.3. The number of H-pyrrole nitrogens is 1. The molecule has 5 rings (SSSR count). The highest BCUT2D eigenvalue weighted by Gasteiger charge is 2.33. The first kappa shape index (κ1) is 20.3. The molecule has 1 aliphatic carbocycles. The Labute approximate surface area is 181 Å². The van der Waals surface area contributed by atoms with E-state index in [1.807, 2.05) is 16.8 Å². The summed E-state index contributed by atoms with van der Waals surface area (Å²) >= 11 is 0. The van der Waals surface area contributed by atoms with Gasteiger partial charge in [0, 0.05) is 24.2 Å². The largest absolute Gasteiger partial charge is 0.379 e. The van der Waals surface area contributed by atoms with Crippen molar-refractivity contribution in [2.75, 3.05) is 26.3 Å². The molecule has 2 aliphatic rings. The van der Waals surface area contributed by atoms with Gasteiger partial charge in [0.15, 0.2) is 5.82 Å². The Kier molecular flexibility index (Phi) is 5.58. The SMILES string of the molecule is Cc1cc2cc(C(c3nnnn3C3CCCCC3)N3CCOCC3)c(=O)[nH]c2cc1C. The zero-order chi connectivity index (χ0) is 21.4. The molecule has 1 N–H and O–H groups in total. The number of aryl methyl sites for hydroxylation is 2. The first-order valence-electron chi connectivity index (χ1n) is 11.4. The fraction of sp³-hybridized carbons (Fsp3) is 0.565. The van der Waals surface area contributed by atoms with Crippen LogP contribution in [0.25, 0.3) is 10.9 Å². The number of hydrogen-bond donors (Lipinski definition) is 1. The van der Waals surface area contributed by atoms with Crippen molar-refractivity contribution in [2.45, 2.75) is 58.0 Å². The van der Waals surface area contributed by atoms with E-state index in [2.05, 4.69) is 45.3 Å². The van der Waals surface area contributed by atoms with Gasteiger partial charge in [-0.3, -0.25) is 9.69 Å². The smallest absolute Gasteiger partial charge is 0.253 e. The molecule has 1 saturated carbocycles. The average molecular weight is 423 g/mol. The Morgan fingerprint density at radius 2 is 1.81 bits per heavy atom. The van der Waals surface area contributed by atoms with Crippen molar-refractivity contribution < 1.29 is 4.74 Å². The van der Waals surface area contributed by atoms with Crippen LogP contribution in [0.5, 0.6) is 0 Å². The molecule has 2 aromatic heterocycles. The molecule has 1 aromatic carbocycles. The van der Waals surface area contributed by atoms with Crippen molar-refractivity contribution in [3.05, 3.63) is 51.1 Å². The summed E-state index contributed by atoms with van der Waals surface area (Å²) in [6, 6.07) is 6.22. The van der Waals surface area contributed by atoms with Gasteiger partial charge in [0.05, 0.1) is 19.3 Å². The molecule has 0 spiro atoms. The molecule has 3 heterocycles. The van der Waals surface area contributed by atoms with Crippen LogP contribution in [0.2, 0.25) is 0 Å². The van der Waals surface area contributed by atoms with E-state index in [0.29, 0.717) is 24.8 Å². The highest BCUT2D eigenvalue weighted by molar-refractivity contribution is 5.81. The summed E-state index contributed by atoms with van der Waals surface area (Å²) in [5, 5.41) is 13.9. The molecular formula is C23H30N6O2. The van der Waals surface area contributed by atoms with Crippen LogP contribution in [-0.4, -0.2) is 56.4 Å². The zero-order valence-corrected chi connectivity index (χ0v) is 18.3. The van der Waals surface area contributed by atoms with Gasteiger partial charge in [0.1, 0.15) is 6.04 Å². The van der Waals surface area contributed by atoms with Gasteiger partial charge < -0.3 is 9.72 Å². The van der Waals surface area contributed by atoms with E-state index in [0.717, 1.165) is 42.7 Å². The minimum atomic E-state index is -0.296. The van der Waals surface area contributed by atoms with Crippen LogP contribution < -0.4 is 5.56 Å². The van der Waals surface area contributed by atoms with Crippen molar-refractivity contribution in [3.63, 3.8) is 0 Å². The summed E-state index contributed by atoms with van der Waals surface area (Å²) in [5.41, 5.74) is 3.86. The number of nitrogens with one attached hydrogen (secondary N) is 1. The predicted octanol–water partition coefficient (Wildman–Crippen LogP) is 3.06. The van der Waals surface area contributed by atoms with E-state index in [9.17, 15) is 4.79 Å². The number of aromatic nitrogens is 5. The summed E-state index contributed by atoms with van der Waals surface area (Å²) in [4.78, 5) is 18.7. The zero-order valence-electron chi connectivity index (χ0n) is 18.3. The van der Waals surface area contributed by atoms with E-state index in [4.69, 9.17) is 4.74 Å². The van der Waals surface area contributed by atoms with Crippen LogP contribution >= 0.6 is 0 Å². The van der Waals surface area contributed by atoms with E-state index in [1.165, 1.54) is 30.4 Å². The highest BCUT2D eigenvalue weighted by atomic mass is 16.5. The minimum absolute atomic E-state index is 0.0783. The van der Waals surface area contributed by atoms with Crippen molar-refractivity contribution in [2.24, 2.45) is 0 Å². The van der Waals surface area contributed by atoms with Gasteiger partial charge in [-0.15, -0.1) is 5.10 Å². The fourth-order valence-corrected chi connectivity index (χ4v) is 5.00. The van der Waals surface area contributed by atoms with Gasteiger partial charge in [-0.05, 0) is 71.8 Å². The van der Waals surface area contributed by atoms with Crippen LogP contribution in [0.4, 0.5) is 0 Å². The molecule has 1 saturated heterocycles. The average Bonchev–Trinajstić information content (AvgIpc) is 3.26. The van der Waals surface area contributed by atoms with Gasteiger partial charge in [-0.25, -0.2) is 4.68 Å². The van der Waals surface area contributed by atoms with Crippen LogP contribution in [0, 0.1) is 13.8 Å². The summed E-state index contributed by atoms with van der Waals surface area (Å²) in [7, 11) is 0. The maximum absolute atomic E-state index is 13.3. The molecule has 3 aromatic rings. The number of hydrogen-bond acceptors (Lipinski definition) is 6. The minimum Gasteiger partial charge on any atom is -0.379 e. The first-order chi connectivity index (χ1) is 15.1. The van der Waals surface area contributed by atoms with E-state index >= 15 is 0 Å². The Morgan fingerprint density at radius 3 is 2.58 bits per heavy atom. The molecule has 0 bridgehead atoms. The Bertz CT molecular complexity index is 1120. The van der Waals surface area contributed by atoms with Gasteiger partial charge >= 0.3 is 0 Å². The molecule has 0 radical (unpaired) electrons. The van der Waals surface area contributed by atoms with Gasteiger partial charge in [-0.1, -0.05) is 19.3 Å². The molecular weight excluding hydrogens is 392 g/mol. The molecule has 1 atom stereocenters. The lowest BCUT2D eigenvalue weighted by molar-refractivity contribution is 0.0209. The standard InChI is InChI=1S/C23H30N6O2/c1-15-12-17-14-19(23(30)24-20(17)13-16(15)2)21(28-8-10-31-11-9-28)22-25-26-27-29(22)18-6-4-3-5-7-18/h12-14,18,21H,3-11H2,1-2H3,(H,24,30). The maximum Gasteiger partial charge on any atom is 0.253 e. The number of pyridine rings is 1. The topological polar surface area (TPSA) is 88.9 Å². The molecule has 8 heteroatoms. The van der Waals surface area contributed by atoms with Crippen molar-refractivity contribution in [3.8, 4) is 0 Å². The fourth-order valence-electron chi connectivity index (χ4n) is 5.00. The summed E-state index contributed by atoms with van der Waals surface area (Å²) in [6.45, 7) is 6.94. The summed E-state index contributed by atoms with van der Waals surface area (Å²) in [5.74, 6) is 0.766. The second kappa shape index (κ2) is 8.51. The summed E-state index contributed by atoms with van der Waals surface area (Å²) < 4.78 is 7.58. The number of tetrazole rings is 1. The Balaban J connectivity index is 1.64. The van der Waals surface area contributed by atoms with Gasteiger partial charge in [0.2, 0.25) is 0 Å². The van der Waals surface area contributed by atoms with Crippen molar-refractivity contribution in [1.29, 1.82) is 0 Å². The third-order valence-corrected chi connectivity index (χ3v) is 6.88. The lowest BCUT2D eigenvalue weighted by atomic mass is 9.95. The lowest BCUT2D eigenvalue weighted by Gasteiger charge is -2.34. The number of aromatic amines is 1. The number of ether oxygens (including phenoxy) is 1. The van der Waals surface area contributed by atoms with Gasteiger partial charge in [0.25, 0.3) is 5.56 Å². The highest BCUT2D eigenvalue weighted by Crippen LogP contribution is 2.33. The Hall–Kier alpha value is -2.58. The number of morpholine rings is 1. The number of rotatable bonds is 4. The van der Waals surface area contributed by atoms with E-state index < -0.39 is 0 Å². The molecule has 2 fully saturated rings. The first-order valence-corrected chi connectivity index (χ1v) is 11.4. The third kappa shape index (κ3) is 3.90. The monoisotopic (exact) mass is 422 g/mol. The number of fused-ring (bicyclic) bond motifs is 1. The van der Waals surface area contributed by atoms with Crippen molar-refractivity contribution >= 4 is 10.9 Å². The predicted molar refractivity (Wildman–Crippen MR) is 118 cm³/mol. The lowest BCUT2D eigenvalue weighted by Crippen LogP contribution is -2.42. The number of nitrogens with zero attached hydrogens (tertiary/aromatic N) is 5. The van der Waals surface area contributed by atoms with Crippen molar-refractivity contribution in [1.82, 2.24) is 30.1 Å². The quantitative estimate of drug-likeness (QED) is 0.695. The van der Waals surface area contributed by atoms with E-state index in [-0.39, 0.29) is 11.6 Å². The van der Waals surface area contributed by atoms with E-state index in [1.54, 1.807) is 0 Å². The molecule has 1 unspecified atom stereocenters. The summed E-state index contributed by atoms with van der Waals surface area (Å²) in [6.07, 6.45) is 5.83. The number of benzene rings is 1. The normalized spacial score (nSPS) is 19.7. The van der Waals surface area contributed by atoms with Crippen LogP contribution in [0.3, 0.4) is 0 Å². The third-order valence-electron chi connectivity index (χ3n) is 6.88. The molecule has 31 heavy (non-hydrogen) atoms. The van der Waals surface area contributed by atoms with Crippen LogP contribution in [0.1, 0.15) is 66.7 Å².